The highest BCUT2D eigenvalue weighted by atomic mass is 32.2. The summed E-state index contributed by atoms with van der Waals surface area (Å²) in [5, 5.41) is 27.6. The molecule has 1 aliphatic rings. The van der Waals surface area contributed by atoms with Gasteiger partial charge in [0.1, 0.15) is 30.2 Å². The Balaban J connectivity index is 2.95. The second kappa shape index (κ2) is 17.5. The number of carbonyl (C=O) groups is 7. The standard InChI is InChI=1S/C25H43N7O9S/c1-12(2)19(27)23(38)29-14(7-9-42-4)24(39)32-8-5-6-17(32)22(37)28-13(3)20(35)30-15(10-18(26)34)21(36)31-16(11-33)25(40)41/h12-17,19,33H,5-11,27H2,1-4H3,(H2,26,34)(H,28,37)(H,29,38)(H,30,35)(H,31,36)(H,40,41)/t13-,14-,15-,16-,17-,19-/m0/s1. The SMILES string of the molecule is CSCC[C@H](NC(=O)[C@@H](N)C(C)C)C(=O)N1CCC[C@H]1C(=O)N[C@@H](C)C(=O)N[C@@H](CC(N)=O)C(=O)N[C@@H](CO)C(=O)O. The summed E-state index contributed by atoms with van der Waals surface area (Å²) in [6, 6.07) is -7.13. The molecule has 1 aliphatic heterocycles. The number of amides is 6. The van der Waals surface area contributed by atoms with Gasteiger partial charge >= 0.3 is 5.97 Å². The van der Waals surface area contributed by atoms with Crippen LogP contribution in [0.5, 0.6) is 0 Å². The van der Waals surface area contributed by atoms with Crippen molar-refractivity contribution >= 4 is 53.2 Å². The summed E-state index contributed by atoms with van der Waals surface area (Å²) in [6.07, 6.45) is 2.32. The van der Waals surface area contributed by atoms with Crippen LogP contribution in [0.3, 0.4) is 0 Å². The minimum Gasteiger partial charge on any atom is -0.480 e. The molecule has 0 aromatic heterocycles. The number of likely N-dealkylation sites (tertiary alicyclic amines) is 1. The van der Waals surface area contributed by atoms with Crippen LogP contribution in [0, 0.1) is 5.92 Å². The van der Waals surface area contributed by atoms with E-state index >= 15 is 0 Å². The number of primary amides is 1. The number of carbonyl (C=O) groups excluding carboxylic acids is 6. The van der Waals surface area contributed by atoms with Gasteiger partial charge in [-0.25, -0.2) is 4.79 Å². The first-order chi connectivity index (χ1) is 19.6. The highest BCUT2D eigenvalue weighted by molar-refractivity contribution is 7.98. The molecule has 1 rings (SSSR count). The Kier molecular flexibility index (Phi) is 15.2. The molecule has 17 heteroatoms. The lowest BCUT2D eigenvalue weighted by Crippen LogP contribution is -2.59. The molecule has 0 spiro atoms. The van der Waals surface area contributed by atoms with Crippen LogP contribution in [0.2, 0.25) is 0 Å². The summed E-state index contributed by atoms with van der Waals surface area (Å²) in [5.41, 5.74) is 11.1. The van der Waals surface area contributed by atoms with Gasteiger partial charge in [0.15, 0.2) is 0 Å². The van der Waals surface area contributed by atoms with Crippen LogP contribution < -0.4 is 32.7 Å². The van der Waals surface area contributed by atoms with E-state index in [2.05, 4.69) is 16.0 Å². The average Bonchev–Trinajstić information content (AvgIpc) is 3.42. The van der Waals surface area contributed by atoms with Gasteiger partial charge in [0.05, 0.1) is 19.1 Å². The van der Waals surface area contributed by atoms with Crippen LogP contribution in [-0.2, 0) is 33.6 Å². The van der Waals surface area contributed by atoms with Gasteiger partial charge in [0.2, 0.25) is 35.4 Å². The van der Waals surface area contributed by atoms with Gasteiger partial charge in [-0.2, -0.15) is 11.8 Å². The Morgan fingerprint density at radius 1 is 0.929 bits per heavy atom. The van der Waals surface area contributed by atoms with Crippen LogP contribution in [0.25, 0.3) is 0 Å². The minimum absolute atomic E-state index is 0.152. The Hall–Kier alpha value is -3.44. The molecule has 238 valence electrons. The smallest absolute Gasteiger partial charge is 0.328 e. The molecule has 16 nitrogen and oxygen atoms in total. The minimum atomic E-state index is -1.68. The molecule has 1 saturated heterocycles. The van der Waals surface area contributed by atoms with Gasteiger partial charge < -0.3 is 47.8 Å². The number of carboxylic acids is 1. The third-order valence-electron chi connectivity index (χ3n) is 6.67. The Morgan fingerprint density at radius 3 is 2.05 bits per heavy atom. The highest BCUT2D eigenvalue weighted by Gasteiger charge is 2.39. The molecule has 1 fully saturated rings. The van der Waals surface area contributed by atoms with Crippen molar-refractivity contribution in [1.29, 1.82) is 0 Å². The quantitative estimate of drug-likeness (QED) is 0.0798. The fraction of sp³-hybridized carbons (Fsp3) is 0.720. The van der Waals surface area contributed by atoms with E-state index in [9.17, 15) is 33.6 Å². The van der Waals surface area contributed by atoms with Gasteiger partial charge in [-0.15, -0.1) is 0 Å². The van der Waals surface area contributed by atoms with Crippen molar-refractivity contribution in [2.75, 3.05) is 25.2 Å². The molecular formula is C25H43N7O9S. The van der Waals surface area contributed by atoms with Crippen molar-refractivity contribution in [3.63, 3.8) is 0 Å². The molecule has 10 N–H and O–H groups in total. The molecule has 0 aromatic carbocycles. The molecule has 0 saturated carbocycles. The van der Waals surface area contributed by atoms with Crippen molar-refractivity contribution in [2.45, 2.75) is 82.7 Å². The van der Waals surface area contributed by atoms with Gasteiger partial charge in [0.25, 0.3) is 0 Å². The number of nitrogens with two attached hydrogens (primary N) is 2. The summed E-state index contributed by atoms with van der Waals surface area (Å²) in [4.78, 5) is 88.4. The number of carboxylic acid groups (broad SMARTS) is 1. The normalized spacial score (nSPS) is 18.3. The van der Waals surface area contributed by atoms with E-state index in [1.807, 2.05) is 11.6 Å². The maximum absolute atomic E-state index is 13.5. The van der Waals surface area contributed by atoms with Gasteiger partial charge in [-0.3, -0.25) is 28.8 Å². The van der Waals surface area contributed by atoms with Gasteiger partial charge in [-0.05, 0) is 44.1 Å². The Bertz CT molecular complexity index is 1010. The first-order valence-electron chi connectivity index (χ1n) is 13.5. The molecule has 42 heavy (non-hydrogen) atoms. The molecular weight excluding hydrogens is 574 g/mol. The summed E-state index contributed by atoms with van der Waals surface area (Å²) >= 11 is 1.49. The third-order valence-corrected chi connectivity index (χ3v) is 7.32. The second-order valence-electron chi connectivity index (χ2n) is 10.3. The van der Waals surface area contributed by atoms with Crippen LogP contribution in [-0.4, -0.2) is 118 Å². The van der Waals surface area contributed by atoms with E-state index in [1.165, 1.54) is 23.6 Å². The number of nitrogens with zero attached hydrogens (tertiary/aromatic N) is 1. The van der Waals surface area contributed by atoms with Gasteiger partial charge in [0, 0.05) is 6.54 Å². The van der Waals surface area contributed by atoms with Crippen LogP contribution >= 0.6 is 11.8 Å². The number of nitrogens with one attached hydrogen (secondary N) is 4. The van der Waals surface area contributed by atoms with E-state index in [-0.39, 0.29) is 12.5 Å². The van der Waals surface area contributed by atoms with Crippen molar-refractivity contribution < 1.29 is 43.8 Å². The fourth-order valence-electron chi connectivity index (χ4n) is 4.11. The first kappa shape index (κ1) is 36.6. The number of aliphatic hydroxyl groups excluding tert-OH is 1. The molecule has 0 aliphatic carbocycles. The zero-order valence-electron chi connectivity index (χ0n) is 24.3. The summed E-state index contributed by atoms with van der Waals surface area (Å²) < 4.78 is 0. The maximum Gasteiger partial charge on any atom is 0.328 e. The number of aliphatic hydroxyl groups is 1. The second-order valence-corrected chi connectivity index (χ2v) is 11.3. The number of rotatable bonds is 17. The van der Waals surface area contributed by atoms with E-state index in [4.69, 9.17) is 21.7 Å². The monoisotopic (exact) mass is 617 g/mol. The zero-order valence-corrected chi connectivity index (χ0v) is 25.1. The molecule has 0 unspecified atom stereocenters. The molecule has 0 aromatic rings. The van der Waals surface area contributed by atoms with E-state index in [0.717, 1.165) is 0 Å². The summed E-state index contributed by atoms with van der Waals surface area (Å²) in [7, 11) is 0. The number of aliphatic carboxylic acids is 1. The van der Waals surface area contributed by atoms with Gasteiger partial charge in [-0.1, -0.05) is 13.8 Å². The zero-order chi connectivity index (χ0) is 32.1. The fourth-order valence-corrected chi connectivity index (χ4v) is 4.58. The maximum atomic E-state index is 13.5. The first-order valence-corrected chi connectivity index (χ1v) is 14.9. The van der Waals surface area contributed by atoms with Crippen molar-refractivity contribution in [3.05, 3.63) is 0 Å². The number of hydrogen-bond donors (Lipinski definition) is 8. The average molecular weight is 618 g/mol. The predicted molar refractivity (Wildman–Crippen MR) is 152 cm³/mol. The lowest BCUT2D eigenvalue weighted by molar-refractivity contribution is -0.143. The largest absolute Gasteiger partial charge is 0.480 e. The molecule has 1 heterocycles. The topological polar surface area (TPSA) is 263 Å². The van der Waals surface area contributed by atoms with Crippen LogP contribution in [0.15, 0.2) is 0 Å². The van der Waals surface area contributed by atoms with E-state index < -0.39 is 90.7 Å². The number of thioether (sulfide) groups is 1. The number of hydrogen-bond acceptors (Lipinski definition) is 10. The third kappa shape index (κ3) is 11.1. The lowest BCUT2D eigenvalue weighted by atomic mass is 10.0. The summed E-state index contributed by atoms with van der Waals surface area (Å²) in [6.45, 7) is 4.21. The summed E-state index contributed by atoms with van der Waals surface area (Å²) in [5.74, 6) is -5.61. The Morgan fingerprint density at radius 2 is 1.52 bits per heavy atom. The molecule has 0 radical (unpaired) electrons. The van der Waals surface area contributed by atoms with Crippen LogP contribution in [0.4, 0.5) is 0 Å². The van der Waals surface area contributed by atoms with E-state index in [1.54, 1.807) is 13.8 Å². The lowest BCUT2D eigenvalue weighted by Gasteiger charge is -2.30. The highest BCUT2D eigenvalue weighted by Crippen LogP contribution is 2.20. The Labute approximate surface area is 248 Å². The van der Waals surface area contributed by atoms with Crippen LogP contribution in [0.1, 0.15) is 46.5 Å². The van der Waals surface area contributed by atoms with E-state index in [0.29, 0.717) is 25.0 Å². The van der Waals surface area contributed by atoms with Crippen molar-refractivity contribution in [1.82, 2.24) is 26.2 Å². The molecule has 6 atom stereocenters. The molecule has 6 amide bonds. The van der Waals surface area contributed by atoms with Crippen molar-refractivity contribution in [2.24, 2.45) is 17.4 Å². The predicted octanol–water partition coefficient (Wildman–Crippen LogP) is -3.37. The molecule has 0 bridgehead atoms. The van der Waals surface area contributed by atoms with Crippen molar-refractivity contribution in [3.8, 4) is 0 Å².